The number of ether oxygens (including phenoxy) is 1. The number of nitrogens with one attached hydrogen (secondary N) is 2. The van der Waals surface area contributed by atoms with Gasteiger partial charge in [-0.25, -0.2) is 0 Å². The Morgan fingerprint density at radius 1 is 1.32 bits per heavy atom. The summed E-state index contributed by atoms with van der Waals surface area (Å²) in [5.41, 5.74) is 0.753. The fraction of sp³-hybridized carbons (Fsp3) is 0.533. The van der Waals surface area contributed by atoms with Crippen molar-refractivity contribution in [3.8, 4) is 5.75 Å². The lowest BCUT2D eigenvalue weighted by molar-refractivity contribution is -0.128. The Bertz CT molecular complexity index is 413. The molecule has 0 saturated heterocycles. The second-order valence-corrected chi connectivity index (χ2v) is 5.34. The van der Waals surface area contributed by atoms with Crippen molar-refractivity contribution in [2.45, 2.75) is 26.8 Å². The van der Waals surface area contributed by atoms with Gasteiger partial charge in [-0.15, -0.1) is 0 Å². The third kappa shape index (κ3) is 4.24. The molecule has 1 aromatic carbocycles. The Kier molecular flexibility index (Phi) is 5.36. The lowest BCUT2D eigenvalue weighted by Crippen LogP contribution is -2.42. The van der Waals surface area contributed by atoms with Gasteiger partial charge in [-0.3, -0.25) is 4.79 Å². The van der Waals surface area contributed by atoms with E-state index in [4.69, 9.17) is 4.74 Å². The zero-order valence-electron chi connectivity index (χ0n) is 12.4. The molecule has 0 aliphatic carbocycles. The summed E-state index contributed by atoms with van der Waals surface area (Å²) >= 11 is 0. The van der Waals surface area contributed by atoms with Crippen molar-refractivity contribution in [1.82, 2.24) is 10.6 Å². The van der Waals surface area contributed by atoms with E-state index in [1.54, 1.807) is 14.2 Å². The van der Waals surface area contributed by atoms with Crippen molar-refractivity contribution in [3.05, 3.63) is 29.8 Å². The molecule has 1 atom stereocenters. The van der Waals surface area contributed by atoms with Gasteiger partial charge in [0.15, 0.2) is 0 Å². The molecule has 2 N–H and O–H groups in total. The van der Waals surface area contributed by atoms with Crippen molar-refractivity contribution in [1.29, 1.82) is 0 Å². The first-order chi connectivity index (χ1) is 8.90. The van der Waals surface area contributed by atoms with E-state index in [-0.39, 0.29) is 11.9 Å². The van der Waals surface area contributed by atoms with Crippen molar-refractivity contribution in [2.75, 3.05) is 20.7 Å². The van der Waals surface area contributed by atoms with Crippen LogP contribution in [-0.4, -0.2) is 26.6 Å². The van der Waals surface area contributed by atoms with Crippen LogP contribution in [0, 0.1) is 5.41 Å². The van der Waals surface area contributed by atoms with Gasteiger partial charge in [0.1, 0.15) is 5.75 Å². The standard InChI is InChI=1S/C15H24N2O2/c1-11(12-6-8-13(19-5)9-7-12)17-10-15(2,3)14(18)16-4/h6-9,11,17H,10H2,1-5H3,(H,16,18)/t11-/m1/s1. The highest BCUT2D eigenvalue weighted by Crippen LogP contribution is 2.19. The first-order valence-corrected chi connectivity index (χ1v) is 6.50. The molecular formula is C15H24N2O2. The van der Waals surface area contributed by atoms with Gasteiger partial charge in [-0.1, -0.05) is 12.1 Å². The molecule has 0 spiro atoms. The average molecular weight is 264 g/mol. The molecule has 0 aromatic heterocycles. The fourth-order valence-electron chi connectivity index (χ4n) is 1.84. The van der Waals surface area contributed by atoms with Crippen LogP contribution in [0.2, 0.25) is 0 Å². The molecule has 0 heterocycles. The predicted molar refractivity (Wildman–Crippen MR) is 77.3 cm³/mol. The number of hydrogen-bond acceptors (Lipinski definition) is 3. The number of amides is 1. The quantitative estimate of drug-likeness (QED) is 0.827. The molecule has 4 heteroatoms. The first kappa shape index (κ1) is 15.5. The number of rotatable bonds is 6. The minimum absolute atomic E-state index is 0.0435. The van der Waals surface area contributed by atoms with Gasteiger partial charge < -0.3 is 15.4 Å². The van der Waals surface area contributed by atoms with Crippen LogP contribution in [0.15, 0.2) is 24.3 Å². The van der Waals surface area contributed by atoms with Crippen LogP contribution in [0.4, 0.5) is 0 Å². The maximum absolute atomic E-state index is 11.7. The molecule has 19 heavy (non-hydrogen) atoms. The summed E-state index contributed by atoms with van der Waals surface area (Å²) in [6, 6.07) is 8.14. The molecule has 0 fully saturated rings. The van der Waals surface area contributed by atoms with Crippen LogP contribution >= 0.6 is 0 Å². The van der Waals surface area contributed by atoms with E-state index in [2.05, 4.69) is 17.6 Å². The Hall–Kier alpha value is -1.55. The number of hydrogen-bond donors (Lipinski definition) is 2. The maximum atomic E-state index is 11.7. The van der Waals surface area contributed by atoms with Crippen LogP contribution in [0.5, 0.6) is 5.75 Å². The number of carbonyl (C=O) groups is 1. The Labute approximate surface area is 115 Å². The van der Waals surface area contributed by atoms with Gasteiger partial charge >= 0.3 is 0 Å². The summed E-state index contributed by atoms with van der Waals surface area (Å²) in [6.45, 7) is 6.57. The lowest BCUT2D eigenvalue weighted by atomic mass is 9.91. The molecule has 0 aliphatic heterocycles. The topological polar surface area (TPSA) is 50.4 Å². The van der Waals surface area contributed by atoms with Gasteiger partial charge in [-0.05, 0) is 38.5 Å². The maximum Gasteiger partial charge on any atom is 0.226 e. The van der Waals surface area contributed by atoms with Gasteiger partial charge in [0.25, 0.3) is 0 Å². The second-order valence-electron chi connectivity index (χ2n) is 5.34. The normalized spacial score (nSPS) is 12.9. The van der Waals surface area contributed by atoms with Gasteiger partial charge in [0.2, 0.25) is 5.91 Å². The zero-order valence-corrected chi connectivity index (χ0v) is 12.4. The summed E-state index contributed by atoms with van der Waals surface area (Å²) in [6.07, 6.45) is 0. The summed E-state index contributed by atoms with van der Waals surface area (Å²) in [5, 5.41) is 6.08. The molecule has 4 nitrogen and oxygen atoms in total. The van der Waals surface area contributed by atoms with Crippen molar-refractivity contribution < 1.29 is 9.53 Å². The van der Waals surface area contributed by atoms with Gasteiger partial charge in [0.05, 0.1) is 12.5 Å². The van der Waals surface area contributed by atoms with Crippen molar-refractivity contribution in [3.63, 3.8) is 0 Å². The first-order valence-electron chi connectivity index (χ1n) is 6.50. The SMILES string of the molecule is CNC(=O)C(C)(C)CN[C@H](C)c1ccc(OC)cc1. The van der Waals surface area contributed by atoms with E-state index in [1.807, 2.05) is 38.1 Å². The Morgan fingerprint density at radius 2 is 1.89 bits per heavy atom. The molecule has 0 aliphatic rings. The smallest absolute Gasteiger partial charge is 0.226 e. The van der Waals surface area contributed by atoms with Gasteiger partial charge in [-0.2, -0.15) is 0 Å². The van der Waals surface area contributed by atoms with Crippen LogP contribution in [0.3, 0.4) is 0 Å². The minimum Gasteiger partial charge on any atom is -0.497 e. The van der Waals surface area contributed by atoms with E-state index in [0.717, 1.165) is 5.75 Å². The summed E-state index contributed by atoms with van der Waals surface area (Å²) in [4.78, 5) is 11.7. The van der Waals surface area contributed by atoms with Crippen LogP contribution in [-0.2, 0) is 4.79 Å². The monoisotopic (exact) mass is 264 g/mol. The largest absolute Gasteiger partial charge is 0.497 e. The van der Waals surface area contributed by atoms with Gasteiger partial charge in [0, 0.05) is 19.6 Å². The molecule has 0 bridgehead atoms. The molecule has 1 amide bonds. The summed E-state index contributed by atoms with van der Waals surface area (Å²) in [5.74, 6) is 0.892. The number of benzene rings is 1. The molecule has 0 saturated carbocycles. The number of carbonyl (C=O) groups excluding carboxylic acids is 1. The molecule has 1 aromatic rings. The molecule has 1 rings (SSSR count). The molecule has 0 radical (unpaired) electrons. The Balaban J connectivity index is 2.59. The van der Waals surface area contributed by atoms with Crippen molar-refractivity contribution in [2.24, 2.45) is 5.41 Å². The predicted octanol–water partition coefficient (Wildman–Crippen LogP) is 2.12. The highest BCUT2D eigenvalue weighted by atomic mass is 16.5. The van der Waals surface area contributed by atoms with Crippen molar-refractivity contribution >= 4 is 5.91 Å². The number of methoxy groups -OCH3 is 1. The third-order valence-electron chi connectivity index (χ3n) is 3.31. The van der Waals surface area contributed by atoms with E-state index < -0.39 is 5.41 Å². The molecule has 106 valence electrons. The Morgan fingerprint density at radius 3 is 2.37 bits per heavy atom. The van der Waals surface area contributed by atoms with Crippen LogP contribution in [0.1, 0.15) is 32.4 Å². The highest BCUT2D eigenvalue weighted by molar-refractivity contribution is 5.81. The lowest BCUT2D eigenvalue weighted by Gasteiger charge is -2.25. The average Bonchev–Trinajstić information content (AvgIpc) is 2.43. The van der Waals surface area contributed by atoms with E-state index in [9.17, 15) is 4.79 Å². The molecule has 0 unspecified atom stereocenters. The van der Waals surface area contributed by atoms with Crippen LogP contribution in [0.25, 0.3) is 0 Å². The minimum atomic E-state index is -0.421. The summed E-state index contributed by atoms with van der Waals surface area (Å²) < 4.78 is 5.14. The fourth-order valence-corrected chi connectivity index (χ4v) is 1.84. The summed E-state index contributed by atoms with van der Waals surface area (Å²) in [7, 11) is 3.32. The molecular weight excluding hydrogens is 240 g/mol. The van der Waals surface area contributed by atoms with E-state index in [0.29, 0.717) is 6.54 Å². The van der Waals surface area contributed by atoms with Crippen LogP contribution < -0.4 is 15.4 Å². The van der Waals surface area contributed by atoms with E-state index in [1.165, 1.54) is 5.56 Å². The third-order valence-corrected chi connectivity index (χ3v) is 3.31. The highest BCUT2D eigenvalue weighted by Gasteiger charge is 2.26. The second kappa shape index (κ2) is 6.57. The van der Waals surface area contributed by atoms with E-state index >= 15 is 0 Å². The zero-order chi connectivity index (χ0) is 14.5.